The quantitative estimate of drug-likeness (QED) is 0.829. The van der Waals surface area contributed by atoms with Gasteiger partial charge in [-0.05, 0) is 25.8 Å². The van der Waals surface area contributed by atoms with Gasteiger partial charge in [0.05, 0.1) is 12.2 Å². The second kappa shape index (κ2) is 3.57. The zero-order valence-electron chi connectivity index (χ0n) is 9.89. The zero-order valence-corrected chi connectivity index (χ0v) is 9.89. The minimum absolute atomic E-state index is 0.0404. The van der Waals surface area contributed by atoms with E-state index in [4.69, 9.17) is 5.73 Å². The number of likely N-dealkylation sites (N-methyl/N-ethyl adjacent to an activating group) is 1. The minimum atomic E-state index is -0.0404. The predicted molar refractivity (Wildman–Crippen MR) is 63.1 cm³/mol. The molecule has 1 aliphatic carbocycles. The Balaban J connectivity index is 1.73. The molecule has 1 aromatic heterocycles. The summed E-state index contributed by atoms with van der Waals surface area (Å²) in [4.78, 5) is 2.47. The number of aromatic nitrogens is 2. The molecule has 0 radical (unpaired) electrons. The summed E-state index contributed by atoms with van der Waals surface area (Å²) in [5, 5.41) is 4.48. The summed E-state index contributed by atoms with van der Waals surface area (Å²) in [6.45, 7) is 5.70. The van der Waals surface area contributed by atoms with E-state index in [0.29, 0.717) is 6.04 Å². The zero-order chi connectivity index (χ0) is 11.2. The third-order valence-corrected chi connectivity index (χ3v) is 4.03. The number of likely N-dealkylation sites (tertiary alicyclic amines) is 1. The van der Waals surface area contributed by atoms with Crippen LogP contribution < -0.4 is 5.73 Å². The lowest BCUT2D eigenvalue weighted by atomic mass is 10.1. The normalized spacial score (nSPS) is 28.5. The molecule has 16 heavy (non-hydrogen) atoms. The summed E-state index contributed by atoms with van der Waals surface area (Å²) in [5.41, 5.74) is 7.35. The van der Waals surface area contributed by atoms with Crippen molar-refractivity contribution in [3.05, 3.63) is 18.0 Å². The first kappa shape index (κ1) is 10.3. The van der Waals surface area contributed by atoms with Gasteiger partial charge in [0, 0.05) is 30.4 Å². The van der Waals surface area contributed by atoms with Crippen molar-refractivity contribution in [2.24, 2.45) is 5.73 Å². The molecule has 4 nitrogen and oxygen atoms in total. The van der Waals surface area contributed by atoms with Crippen molar-refractivity contribution >= 4 is 0 Å². The Hall–Kier alpha value is -0.870. The average Bonchev–Trinajstić information content (AvgIpc) is 2.80. The van der Waals surface area contributed by atoms with Crippen LogP contribution in [0.5, 0.6) is 0 Å². The summed E-state index contributed by atoms with van der Waals surface area (Å²) >= 11 is 0. The van der Waals surface area contributed by atoms with Crippen LogP contribution in [0.2, 0.25) is 0 Å². The van der Waals surface area contributed by atoms with Crippen molar-refractivity contribution in [3.8, 4) is 0 Å². The van der Waals surface area contributed by atoms with Crippen molar-refractivity contribution < 1.29 is 0 Å². The molecule has 1 aliphatic heterocycles. The van der Waals surface area contributed by atoms with Gasteiger partial charge >= 0.3 is 0 Å². The molecule has 1 aromatic rings. The van der Waals surface area contributed by atoms with E-state index in [9.17, 15) is 0 Å². The molecular formula is C12H20N4. The van der Waals surface area contributed by atoms with E-state index in [1.165, 1.54) is 18.5 Å². The van der Waals surface area contributed by atoms with Crippen molar-refractivity contribution in [2.45, 2.75) is 37.8 Å². The lowest BCUT2D eigenvalue weighted by molar-refractivity contribution is 0.335. The topological polar surface area (TPSA) is 47.1 Å². The van der Waals surface area contributed by atoms with Gasteiger partial charge < -0.3 is 10.6 Å². The molecule has 2 heterocycles. The molecule has 2 N–H and O–H groups in total. The highest BCUT2D eigenvalue weighted by Crippen LogP contribution is 2.42. The van der Waals surface area contributed by atoms with Crippen LogP contribution in [-0.4, -0.2) is 34.3 Å². The van der Waals surface area contributed by atoms with Gasteiger partial charge in [0.2, 0.25) is 0 Å². The number of rotatable bonds is 3. The smallest absolute Gasteiger partial charge is 0.0658 e. The summed E-state index contributed by atoms with van der Waals surface area (Å²) in [6, 6.07) is 0.552. The Morgan fingerprint density at radius 3 is 3.00 bits per heavy atom. The minimum Gasteiger partial charge on any atom is -0.321 e. The van der Waals surface area contributed by atoms with Crippen molar-refractivity contribution in [3.63, 3.8) is 0 Å². The first-order chi connectivity index (χ1) is 7.71. The standard InChI is InChI=1S/C12H20N4/c1-2-15-6-3-11(9-15)16-8-10(7-14-16)12(13)4-5-12/h7-8,11H,2-6,9,13H2,1H3. The second-order valence-corrected chi connectivity index (χ2v) is 5.20. The molecule has 2 fully saturated rings. The summed E-state index contributed by atoms with van der Waals surface area (Å²) < 4.78 is 2.12. The maximum absolute atomic E-state index is 6.17. The molecule has 88 valence electrons. The monoisotopic (exact) mass is 220 g/mol. The molecule has 0 amide bonds. The SMILES string of the molecule is CCN1CCC(n2cc(C3(N)CC3)cn2)C1. The molecule has 0 aromatic carbocycles. The summed E-state index contributed by atoms with van der Waals surface area (Å²) in [6.07, 6.45) is 7.57. The van der Waals surface area contributed by atoms with Gasteiger partial charge in [0.15, 0.2) is 0 Å². The molecule has 1 atom stereocenters. The van der Waals surface area contributed by atoms with Crippen LogP contribution in [0.4, 0.5) is 0 Å². The van der Waals surface area contributed by atoms with Crippen LogP contribution >= 0.6 is 0 Å². The van der Waals surface area contributed by atoms with Gasteiger partial charge in [-0.25, -0.2) is 0 Å². The summed E-state index contributed by atoms with van der Waals surface area (Å²) in [5.74, 6) is 0. The van der Waals surface area contributed by atoms with Crippen molar-refractivity contribution in [2.75, 3.05) is 19.6 Å². The van der Waals surface area contributed by atoms with Crippen molar-refractivity contribution in [1.82, 2.24) is 14.7 Å². The van der Waals surface area contributed by atoms with Gasteiger partial charge in [-0.3, -0.25) is 4.68 Å². The lowest BCUT2D eigenvalue weighted by Gasteiger charge is -2.13. The van der Waals surface area contributed by atoms with Gasteiger partial charge in [-0.2, -0.15) is 5.10 Å². The average molecular weight is 220 g/mol. The van der Waals surface area contributed by atoms with E-state index >= 15 is 0 Å². The van der Waals surface area contributed by atoms with E-state index in [2.05, 4.69) is 27.8 Å². The first-order valence-corrected chi connectivity index (χ1v) is 6.27. The molecule has 3 rings (SSSR count). The van der Waals surface area contributed by atoms with Gasteiger partial charge in [0.1, 0.15) is 0 Å². The Kier molecular flexibility index (Phi) is 2.30. The van der Waals surface area contributed by atoms with Gasteiger partial charge in [0.25, 0.3) is 0 Å². The molecule has 2 aliphatic rings. The maximum Gasteiger partial charge on any atom is 0.0658 e. The Bertz CT molecular complexity index is 380. The number of nitrogens with two attached hydrogens (primary N) is 1. The highest BCUT2D eigenvalue weighted by molar-refractivity contribution is 5.24. The number of hydrogen-bond acceptors (Lipinski definition) is 3. The van der Waals surface area contributed by atoms with E-state index in [1.807, 2.05) is 6.20 Å². The van der Waals surface area contributed by atoms with E-state index in [-0.39, 0.29) is 5.54 Å². The molecular weight excluding hydrogens is 200 g/mol. The highest BCUT2D eigenvalue weighted by Gasteiger charge is 2.41. The fraction of sp³-hybridized carbons (Fsp3) is 0.750. The third-order valence-electron chi connectivity index (χ3n) is 4.03. The van der Waals surface area contributed by atoms with E-state index < -0.39 is 0 Å². The third kappa shape index (κ3) is 1.66. The summed E-state index contributed by atoms with van der Waals surface area (Å²) in [7, 11) is 0. The molecule has 0 spiro atoms. The fourth-order valence-electron chi connectivity index (χ4n) is 2.53. The van der Waals surface area contributed by atoms with Crippen LogP contribution in [0, 0.1) is 0 Å². The van der Waals surface area contributed by atoms with Crippen LogP contribution in [0.15, 0.2) is 12.4 Å². The molecule has 4 heteroatoms. The van der Waals surface area contributed by atoms with Crippen LogP contribution in [0.3, 0.4) is 0 Å². The van der Waals surface area contributed by atoms with Crippen molar-refractivity contribution in [1.29, 1.82) is 0 Å². The highest BCUT2D eigenvalue weighted by atomic mass is 15.3. The van der Waals surface area contributed by atoms with Gasteiger partial charge in [-0.15, -0.1) is 0 Å². The second-order valence-electron chi connectivity index (χ2n) is 5.20. The molecule has 0 bridgehead atoms. The van der Waals surface area contributed by atoms with Crippen LogP contribution in [0.25, 0.3) is 0 Å². The number of nitrogens with zero attached hydrogens (tertiary/aromatic N) is 3. The van der Waals surface area contributed by atoms with Crippen LogP contribution in [0.1, 0.15) is 37.8 Å². The van der Waals surface area contributed by atoms with Gasteiger partial charge in [-0.1, -0.05) is 6.92 Å². The number of hydrogen-bond donors (Lipinski definition) is 1. The van der Waals surface area contributed by atoms with E-state index in [1.54, 1.807) is 0 Å². The first-order valence-electron chi connectivity index (χ1n) is 6.27. The fourth-order valence-corrected chi connectivity index (χ4v) is 2.53. The van der Waals surface area contributed by atoms with E-state index in [0.717, 1.165) is 25.9 Å². The Labute approximate surface area is 96.4 Å². The largest absolute Gasteiger partial charge is 0.321 e. The maximum atomic E-state index is 6.17. The Morgan fingerprint density at radius 2 is 2.38 bits per heavy atom. The predicted octanol–water partition coefficient (Wildman–Crippen LogP) is 1.10. The molecule has 1 saturated carbocycles. The molecule has 1 saturated heterocycles. The van der Waals surface area contributed by atoms with Crippen LogP contribution in [-0.2, 0) is 5.54 Å². The molecule has 1 unspecified atom stereocenters. The Morgan fingerprint density at radius 1 is 1.56 bits per heavy atom. The lowest BCUT2D eigenvalue weighted by Crippen LogP contribution is -2.21.